The summed E-state index contributed by atoms with van der Waals surface area (Å²) in [6.07, 6.45) is 7.81. The molecule has 0 aromatic carbocycles. The summed E-state index contributed by atoms with van der Waals surface area (Å²) in [5.41, 5.74) is 1.33. The third-order valence-corrected chi connectivity index (χ3v) is 3.74. The van der Waals surface area contributed by atoms with Gasteiger partial charge in [0.05, 0.1) is 12.0 Å². The van der Waals surface area contributed by atoms with Crippen molar-refractivity contribution in [3.05, 3.63) is 18.2 Å². The zero-order chi connectivity index (χ0) is 13.0. The van der Waals surface area contributed by atoms with Gasteiger partial charge in [0.2, 0.25) is 0 Å². The van der Waals surface area contributed by atoms with Crippen LogP contribution in [0, 0.1) is 0 Å². The highest BCUT2D eigenvalue weighted by molar-refractivity contribution is 5.03. The topological polar surface area (TPSA) is 33.1 Å². The van der Waals surface area contributed by atoms with Crippen LogP contribution in [-0.2, 0) is 6.54 Å². The molecular weight excluding hydrogens is 224 g/mol. The molecule has 1 fully saturated rings. The van der Waals surface area contributed by atoms with Crippen molar-refractivity contribution in [3.8, 4) is 0 Å². The molecule has 0 spiro atoms. The van der Waals surface area contributed by atoms with E-state index in [1.54, 1.807) is 0 Å². The van der Waals surface area contributed by atoms with E-state index in [2.05, 4.69) is 40.7 Å². The van der Waals surface area contributed by atoms with Gasteiger partial charge in [-0.1, -0.05) is 0 Å². The van der Waals surface area contributed by atoms with Crippen molar-refractivity contribution in [3.63, 3.8) is 0 Å². The molecule has 0 saturated heterocycles. The van der Waals surface area contributed by atoms with Gasteiger partial charge in [-0.2, -0.15) is 0 Å². The smallest absolute Gasteiger partial charge is 0.0951 e. The van der Waals surface area contributed by atoms with Crippen LogP contribution in [0.1, 0.15) is 44.8 Å². The lowest BCUT2D eigenvalue weighted by Crippen LogP contribution is -2.29. The number of nitrogens with one attached hydrogen (secondary N) is 1. The van der Waals surface area contributed by atoms with Crippen molar-refractivity contribution in [2.75, 3.05) is 20.1 Å². The van der Waals surface area contributed by atoms with Gasteiger partial charge in [0.1, 0.15) is 0 Å². The number of imidazole rings is 1. The van der Waals surface area contributed by atoms with Crippen LogP contribution in [0.2, 0.25) is 0 Å². The van der Waals surface area contributed by atoms with E-state index in [0.29, 0.717) is 6.04 Å². The zero-order valence-corrected chi connectivity index (χ0v) is 11.9. The van der Waals surface area contributed by atoms with Gasteiger partial charge in [-0.25, -0.2) is 4.98 Å². The molecule has 0 atom stereocenters. The molecule has 1 heterocycles. The Labute approximate surface area is 110 Å². The summed E-state index contributed by atoms with van der Waals surface area (Å²) >= 11 is 0. The van der Waals surface area contributed by atoms with Crippen molar-refractivity contribution in [2.45, 2.75) is 51.7 Å². The average Bonchev–Trinajstić information content (AvgIpc) is 3.08. The second kappa shape index (κ2) is 6.34. The SMILES string of the molecule is CC(C)N(C)CCCNCc1cncn1C1CC1. The van der Waals surface area contributed by atoms with E-state index >= 15 is 0 Å². The molecule has 0 amide bonds. The van der Waals surface area contributed by atoms with Crippen LogP contribution in [-0.4, -0.2) is 40.6 Å². The van der Waals surface area contributed by atoms with E-state index in [1.165, 1.54) is 25.0 Å². The fourth-order valence-electron chi connectivity index (χ4n) is 2.08. The minimum absolute atomic E-state index is 0.640. The molecule has 4 nitrogen and oxygen atoms in total. The Morgan fingerprint density at radius 1 is 1.50 bits per heavy atom. The number of hydrogen-bond acceptors (Lipinski definition) is 3. The first kappa shape index (κ1) is 13.6. The van der Waals surface area contributed by atoms with E-state index in [0.717, 1.165) is 25.7 Å². The maximum absolute atomic E-state index is 4.25. The van der Waals surface area contributed by atoms with Crippen LogP contribution in [0.25, 0.3) is 0 Å². The lowest BCUT2D eigenvalue weighted by Gasteiger charge is -2.20. The summed E-state index contributed by atoms with van der Waals surface area (Å²) in [6, 6.07) is 1.37. The van der Waals surface area contributed by atoms with Gasteiger partial charge >= 0.3 is 0 Å². The number of hydrogen-bond donors (Lipinski definition) is 1. The first-order chi connectivity index (χ1) is 8.68. The summed E-state index contributed by atoms with van der Waals surface area (Å²) in [5.74, 6) is 0. The fourth-order valence-corrected chi connectivity index (χ4v) is 2.08. The molecule has 4 heteroatoms. The Morgan fingerprint density at radius 3 is 2.94 bits per heavy atom. The van der Waals surface area contributed by atoms with Crippen molar-refractivity contribution in [2.24, 2.45) is 0 Å². The summed E-state index contributed by atoms with van der Waals surface area (Å²) in [4.78, 5) is 6.63. The van der Waals surface area contributed by atoms with Crippen LogP contribution in [0.15, 0.2) is 12.5 Å². The molecule has 0 aliphatic heterocycles. The summed E-state index contributed by atoms with van der Waals surface area (Å²) in [7, 11) is 2.19. The van der Waals surface area contributed by atoms with Crippen molar-refractivity contribution >= 4 is 0 Å². The number of nitrogens with zero attached hydrogens (tertiary/aromatic N) is 3. The first-order valence-electron chi connectivity index (χ1n) is 7.10. The third kappa shape index (κ3) is 3.82. The lowest BCUT2D eigenvalue weighted by atomic mass is 10.3. The van der Waals surface area contributed by atoms with Crippen LogP contribution >= 0.6 is 0 Å². The monoisotopic (exact) mass is 250 g/mol. The highest BCUT2D eigenvalue weighted by atomic mass is 15.1. The van der Waals surface area contributed by atoms with Crippen molar-refractivity contribution in [1.29, 1.82) is 0 Å². The average molecular weight is 250 g/mol. The van der Waals surface area contributed by atoms with Crippen LogP contribution in [0.4, 0.5) is 0 Å². The minimum Gasteiger partial charge on any atom is -0.330 e. The van der Waals surface area contributed by atoms with Crippen LogP contribution < -0.4 is 5.32 Å². The standard InChI is InChI=1S/C14H26N4/c1-12(2)17(3)8-4-7-15-9-14-10-16-11-18(14)13-5-6-13/h10-13,15H,4-9H2,1-3H3. The molecule has 1 N–H and O–H groups in total. The second-order valence-electron chi connectivity index (χ2n) is 5.63. The molecule has 2 rings (SSSR count). The van der Waals surface area contributed by atoms with Crippen molar-refractivity contribution in [1.82, 2.24) is 19.8 Å². The molecular formula is C14H26N4. The van der Waals surface area contributed by atoms with E-state index < -0.39 is 0 Å². The van der Waals surface area contributed by atoms with E-state index in [9.17, 15) is 0 Å². The minimum atomic E-state index is 0.640. The molecule has 102 valence electrons. The van der Waals surface area contributed by atoms with Gasteiger partial charge in [-0.3, -0.25) is 0 Å². The van der Waals surface area contributed by atoms with Gasteiger partial charge in [0.15, 0.2) is 0 Å². The van der Waals surface area contributed by atoms with E-state index in [-0.39, 0.29) is 0 Å². The largest absolute Gasteiger partial charge is 0.330 e. The van der Waals surface area contributed by atoms with Crippen LogP contribution in [0.5, 0.6) is 0 Å². The van der Waals surface area contributed by atoms with Gasteiger partial charge < -0.3 is 14.8 Å². The Bertz CT molecular complexity index is 354. The van der Waals surface area contributed by atoms with E-state index in [1.807, 2.05) is 12.5 Å². The quantitative estimate of drug-likeness (QED) is 0.717. The lowest BCUT2D eigenvalue weighted by molar-refractivity contribution is 0.269. The Balaban J connectivity index is 1.62. The molecule has 0 radical (unpaired) electrons. The molecule has 1 aromatic heterocycles. The molecule has 18 heavy (non-hydrogen) atoms. The van der Waals surface area contributed by atoms with Gasteiger partial charge in [0, 0.05) is 24.8 Å². The van der Waals surface area contributed by atoms with Crippen LogP contribution in [0.3, 0.4) is 0 Å². The zero-order valence-electron chi connectivity index (χ0n) is 11.9. The van der Waals surface area contributed by atoms with E-state index in [4.69, 9.17) is 0 Å². The molecule has 0 bridgehead atoms. The predicted molar refractivity (Wildman–Crippen MR) is 74.6 cm³/mol. The molecule has 0 unspecified atom stereocenters. The van der Waals surface area contributed by atoms with Gasteiger partial charge in [0.25, 0.3) is 0 Å². The predicted octanol–water partition coefficient (Wildman–Crippen LogP) is 2.04. The highest BCUT2D eigenvalue weighted by Crippen LogP contribution is 2.35. The fraction of sp³-hybridized carbons (Fsp3) is 0.786. The van der Waals surface area contributed by atoms with Gasteiger partial charge in [-0.05, 0) is 53.2 Å². The summed E-state index contributed by atoms with van der Waals surface area (Å²) in [5, 5.41) is 3.52. The molecule has 1 saturated carbocycles. The van der Waals surface area contributed by atoms with Crippen molar-refractivity contribution < 1.29 is 0 Å². The third-order valence-electron chi connectivity index (χ3n) is 3.74. The summed E-state index contributed by atoms with van der Waals surface area (Å²) < 4.78 is 2.33. The van der Waals surface area contributed by atoms with Gasteiger partial charge in [-0.15, -0.1) is 0 Å². The Morgan fingerprint density at radius 2 is 2.28 bits per heavy atom. The number of aromatic nitrogens is 2. The normalized spacial score (nSPS) is 15.8. The maximum atomic E-state index is 4.25. The summed E-state index contributed by atoms with van der Waals surface area (Å²) in [6.45, 7) is 7.66. The highest BCUT2D eigenvalue weighted by Gasteiger charge is 2.24. The molecule has 1 aliphatic carbocycles. The first-order valence-corrected chi connectivity index (χ1v) is 7.10. The Kier molecular flexibility index (Phi) is 4.78. The maximum Gasteiger partial charge on any atom is 0.0951 e. The molecule has 1 aromatic rings. The Hall–Kier alpha value is -0.870. The second-order valence-corrected chi connectivity index (χ2v) is 5.63. The molecule has 1 aliphatic rings. The number of rotatable bonds is 8.